The van der Waals surface area contributed by atoms with Crippen LogP contribution in [0.3, 0.4) is 0 Å². The minimum Gasteiger partial charge on any atom is -0.466 e. The molecule has 112 valence electrons. The molecule has 0 heterocycles. The molecule has 0 fully saturated rings. The van der Waals surface area contributed by atoms with Gasteiger partial charge in [0, 0.05) is 6.42 Å². The molecule has 0 bridgehead atoms. The summed E-state index contributed by atoms with van der Waals surface area (Å²) in [6.07, 6.45) is 2.31. The fourth-order valence-electron chi connectivity index (χ4n) is 1.90. The van der Waals surface area contributed by atoms with E-state index >= 15 is 0 Å². The zero-order valence-corrected chi connectivity index (χ0v) is 12.9. The largest absolute Gasteiger partial charge is 0.466 e. The van der Waals surface area contributed by atoms with E-state index < -0.39 is 9.84 Å². The van der Waals surface area contributed by atoms with Crippen LogP contribution in [-0.4, -0.2) is 26.7 Å². The number of benzene rings is 1. The Morgan fingerprint density at radius 1 is 1.20 bits per heavy atom. The molecule has 0 N–H and O–H groups in total. The summed E-state index contributed by atoms with van der Waals surface area (Å²) in [6, 6.07) is 6.94. The van der Waals surface area contributed by atoms with Gasteiger partial charge in [-0.25, -0.2) is 8.42 Å². The van der Waals surface area contributed by atoms with Crippen molar-refractivity contribution in [2.24, 2.45) is 0 Å². The van der Waals surface area contributed by atoms with Crippen molar-refractivity contribution in [1.82, 2.24) is 0 Å². The van der Waals surface area contributed by atoms with E-state index in [9.17, 15) is 13.2 Å². The first-order valence-electron chi connectivity index (χ1n) is 6.91. The molecule has 0 aliphatic rings. The fraction of sp³-hybridized carbons (Fsp3) is 0.533. The Hall–Kier alpha value is -1.36. The normalized spacial score (nSPS) is 11.3. The van der Waals surface area contributed by atoms with E-state index in [-0.39, 0.29) is 11.7 Å². The highest BCUT2D eigenvalue weighted by Crippen LogP contribution is 2.15. The van der Waals surface area contributed by atoms with E-state index in [0.29, 0.717) is 37.2 Å². The van der Waals surface area contributed by atoms with Crippen LogP contribution < -0.4 is 0 Å². The molecule has 0 unspecified atom stereocenters. The molecule has 0 radical (unpaired) electrons. The number of carbonyl (C=O) groups excluding carboxylic acids is 1. The highest BCUT2D eigenvalue weighted by atomic mass is 32.2. The van der Waals surface area contributed by atoms with Crippen molar-refractivity contribution in [2.75, 3.05) is 12.4 Å². The number of hydrogen-bond acceptors (Lipinski definition) is 4. The average Bonchev–Trinajstić information content (AvgIpc) is 2.38. The van der Waals surface area contributed by atoms with Crippen LogP contribution in [0.25, 0.3) is 0 Å². The van der Waals surface area contributed by atoms with Crippen molar-refractivity contribution >= 4 is 15.8 Å². The first-order chi connectivity index (χ1) is 9.45. The topological polar surface area (TPSA) is 60.4 Å². The van der Waals surface area contributed by atoms with Gasteiger partial charge < -0.3 is 4.74 Å². The Labute approximate surface area is 121 Å². The maximum absolute atomic E-state index is 12.1. The number of aryl methyl sites for hydroxylation is 1. The molecular formula is C15H22O4S. The van der Waals surface area contributed by atoms with Crippen molar-refractivity contribution < 1.29 is 17.9 Å². The first kappa shape index (κ1) is 16.7. The molecule has 1 aromatic rings. The maximum atomic E-state index is 12.1. The summed E-state index contributed by atoms with van der Waals surface area (Å²) in [7, 11) is -3.21. The van der Waals surface area contributed by atoms with E-state index in [1.165, 1.54) is 0 Å². The Morgan fingerprint density at radius 3 is 2.60 bits per heavy atom. The van der Waals surface area contributed by atoms with Crippen LogP contribution in [0.2, 0.25) is 0 Å². The van der Waals surface area contributed by atoms with E-state index in [0.717, 1.165) is 5.56 Å². The lowest BCUT2D eigenvalue weighted by Crippen LogP contribution is -2.08. The Balaban J connectivity index is 2.36. The van der Waals surface area contributed by atoms with Gasteiger partial charge in [-0.1, -0.05) is 18.6 Å². The summed E-state index contributed by atoms with van der Waals surface area (Å²) in [6.45, 7) is 4.03. The van der Waals surface area contributed by atoms with E-state index in [4.69, 9.17) is 4.74 Å². The third kappa shape index (κ3) is 5.74. The number of sulfone groups is 1. The zero-order valence-electron chi connectivity index (χ0n) is 12.1. The first-order valence-corrected chi connectivity index (χ1v) is 8.56. The van der Waals surface area contributed by atoms with E-state index in [2.05, 4.69) is 0 Å². The van der Waals surface area contributed by atoms with Crippen LogP contribution in [0.1, 0.15) is 38.2 Å². The van der Waals surface area contributed by atoms with Gasteiger partial charge in [0.2, 0.25) is 0 Å². The Morgan fingerprint density at radius 2 is 1.95 bits per heavy atom. The van der Waals surface area contributed by atoms with Crippen LogP contribution in [0.5, 0.6) is 0 Å². The summed E-state index contributed by atoms with van der Waals surface area (Å²) in [5.41, 5.74) is 0.938. The SMILES string of the molecule is CCOC(=O)CCCCCS(=O)(=O)c1cccc(C)c1. The second-order valence-corrected chi connectivity index (χ2v) is 6.86. The number of unbranched alkanes of at least 4 members (excludes halogenated alkanes) is 2. The van der Waals surface area contributed by atoms with Gasteiger partial charge in [0.25, 0.3) is 0 Å². The maximum Gasteiger partial charge on any atom is 0.305 e. The van der Waals surface area contributed by atoms with Gasteiger partial charge in [-0.15, -0.1) is 0 Å². The highest BCUT2D eigenvalue weighted by Gasteiger charge is 2.13. The molecule has 0 spiro atoms. The van der Waals surface area contributed by atoms with Crippen LogP contribution in [0, 0.1) is 6.92 Å². The van der Waals surface area contributed by atoms with E-state index in [1.807, 2.05) is 13.0 Å². The molecule has 0 saturated carbocycles. The highest BCUT2D eigenvalue weighted by molar-refractivity contribution is 7.91. The molecule has 0 aliphatic carbocycles. The third-order valence-electron chi connectivity index (χ3n) is 2.95. The lowest BCUT2D eigenvalue weighted by molar-refractivity contribution is -0.143. The molecule has 1 rings (SSSR count). The molecule has 0 atom stereocenters. The molecule has 5 heteroatoms. The van der Waals surface area contributed by atoms with Crippen molar-refractivity contribution in [2.45, 2.75) is 44.4 Å². The van der Waals surface area contributed by atoms with E-state index in [1.54, 1.807) is 25.1 Å². The number of hydrogen-bond donors (Lipinski definition) is 0. The molecular weight excluding hydrogens is 276 g/mol. The van der Waals surface area contributed by atoms with Gasteiger partial charge in [-0.3, -0.25) is 4.79 Å². The molecule has 0 aromatic heterocycles. The zero-order chi connectivity index (χ0) is 15.0. The molecule has 4 nitrogen and oxygen atoms in total. The van der Waals surface area contributed by atoms with Crippen LogP contribution in [0.4, 0.5) is 0 Å². The second kappa shape index (κ2) is 8.04. The smallest absolute Gasteiger partial charge is 0.305 e. The Bertz CT molecular complexity index is 535. The standard InChI is InChI=1S/C15H22O4S/c1-3-19-15(16)10-5-4-6-11-20(17,18)14-9-7-8-13(2)12-14/h7-9,12H,3-6,10-11H2,1-2H3. The number of ether oxygens (including phenoxy) is 1. The summed E-state index contributed by atoms with van der Waals surface area (Å²) >= 11 is 0. The molecule has 0 amide bonds. The predicted octanol–water partition coefficient (Wildman–Crippen LogP) is 2.89. The predicted molar refractivity (Wildman–Crippen MR) is 78.3 cm³/mol. The lowest BCUT2D eigenvalue weighted by Gasteiger charge is -2.05. The van der Waals surface area contributed by atoms with Gasteiger partial charge >= 0.3 is 5.97 Å². The van der Waals surface area contributed by atoms with Crippen LogP contribution >= 0.6 is 0 Å². The summed E-state index contributed by atoms with van der Waals surface area (Å²) in [4.78, 5) is 11.5. The number of carbonyl (C=O) groups is 1. The molecule has 0 saturated heterocycles. The van der Waals surface area contributed by atoms with Crippen molar-refractivity contribution in [3.05, 3.63) is 29.8 Å². The monoisotopic (exact) mass is 298 g/mol. The Kier molecular flexibility index (Phi) is 6.71. The number of rotatable bonds is 8. The van der Waals surface area contributed by atoms with Gasteiger partial charge in [0.15, 0.2) is 9.84 Å². The average molecular weight is 298 g/mol. The quantitative estimate of drug-likeness (QED) is 0.547. The van der Waals surface area contributed by atoms with Crippen molar-refractivity contribution in [1.29, 1.82) is 0 Å². The molecule has 1 aromatic carbocycles. The molecule has 0 aliphatic heterocycles. The van der Waals surface area contributed by atoms with Gasteiger partial charge in [0.05, 0.1) is 17.3 Å². The van der Waals surface area contributed by atoms with Crippen molar-refractivity contribution in [3.8, 4) is 0 Å². The van der Waals surface area contributed by atoms with Gasteiger partial charge in [-0.2, -0.15) is 0 Å². The minimum absolute atomic E-state index is 0.124. The van der Waals surface area contributed by atoms with Gasteiger partial charge in [-0.05, 0) is 44.4 Å². The second-order valence-electron chi connectivity index (χ2n) is 4.75. The van der Waals surface area contributed by atoms with Gasteiger partial charge in [0.1, 0.15) is 0 Å². The summed E-state index contributed by atoms with van der Waals surface area (Å²) < 4.78 is 29.0. The van der Waals surface area contributed by atoms with Crippen molar-refractivity contribution in [3.63, 3.8) is 0 Å². The van der Waals surface area contributed by atoms with Crippen LogP contribution in [-0.2, 0) is 19.4 Å². The molecule has 20 heavy (non-hydrogen) atoms. The lowest BCUT2D eigenvalue weighted by atomic mass is 10.2. The fourth-order valence-corrected chi connectivity index (χ4v) is 3.37. The minimum atomic E-state index is -3.21. The number of esters is 1. The summed E-state index contributed by atoms with van der Waals surface area (Å²) in [5, 5.41) is 0. The third-order valence-corrected chi connectivity index (χ3v) is 4.75. The summed E-state index contributed by atoms with van der Waals surface area (Å²) in [5.74, 6) is -0.0896. The van der Waals surface area contributed by atoms with Crippen LogP contribution in [0.15, 0.2) is 29.2 Å².